The molecule has 25 heavy (non-hydrogen) atoms. The SMILES string of the molecule is CCNC(=NCC(O)c1ccco1)NC1CC(OCC)C1(CC)CC. The van der Waals surface area contributed by atoms with Gasteiger partial charge in [0.05, 0.1) is 18.9 Å². The summed E-state index contributed by atoms with van der Waals surface area (Å²) in [6.45, 7) is 10.3. The van der Waals surface area contributed by atoms with Gasteiger partial charge in [-0.25, -0.2) is 0 Å². The Bertz CT molecular complexity index is 526. The van der Waals surface area contributed by atoms with Gasteiger partial charge in [0.2, 0.25) is 0 Å². The van der Waals surface area contributed by atoms with E-state index in [4.69, 9.17) is 9.15 Å². The molecule has 0 saturated heterocycles. The molecule has 1 aromatic heterocycles. The zero-order valence-corrected chi connectivity index (χ0v) is 15.9. The lowest BCUT2D eigenvalue weighted by Gasteiger charge is -2.55. The molecule has 6 heteroatoms. The molecule has 142 valence electrons. The van der Waals surface area contributed by atoms with Crippen molar-refractivity contribution in [2.45, 2.75) is 65.2 Å². The van der Waals surface area contributed by atoms with E-state index in [0.717, 1.165) is 38.4 Å². The molecule has 0 radical (unpaired) electrons. The number of rotatable bonds is 9. The summed E-state index contributed by atoms with van der Waals surface area (Å²) >= 11 is 0. The summed E-state index contributed by atoms with van der Waals surface area (Å²) in [5.74, 6) is 1.27. The smallest absolute Gasteiger partial charge is 0.191 e. The van der Waals surface area contributed by atoms with Crippen LogP contribution in [0.4, 0.5) is 0 Å². The van der Waals surface area contributed by atoms with Crippen LogP contribution in [-0.4, -0.2) is 42.9 Å². The minimum Gasteiger partial charge on any atom is -0.467 e. The molecule has 1 saturated carbocycles. The largest absolute Gasteiger partial charge is 0.467 e. The molecule has 2 rings (SSSR count). The fourth-order valence-corrected chi connectivity index (χ4v) is 3.82. The highest BCUT2D eigenvalue weighted by molar-refractivity contribution is 5.80. The summed E-state index contributed by atoms with van der Waals surface area (Å²) in [5.41, 5.74) is 0.145. The Morgan fingerprint density at radius 2 is 2.16 bits per heavy atom. The number of aliphatic hydroxyl groups is 1. The van der Waals surface area contributed by atoms with Gasteiger partial charge in [-0.1, -0.05) is 13.8 Å². The van der Waals surface area contributed by atoms with Crippen LogP contribution < -0.4 is 10.6 Å². The molecule has 3 N–H and O–H groups in total. The van der Waals surface area contributed by atoms with Gasteiger partial charge in [-0.2, -0.15) is 0 Å². The second-order valence-corrected chi connectivity index (χ2v) is 6.57. The second-order valence-electron chi connectivity index (χ2n) is 6.57. The third kappa shape index (κ3) is 4.36. The van der Waals surface area contributed by atoms with Gasteiger partial charge in [-0.15, -0.1) is 0 Å². The maximum Gasteiger partial charge on any atom is 0.191 e. The topological polar surface area (TPSA) is 79.0 Å². The van der Waals surface area contributed by atoms with E-state index in [0.29, 0.717) is 17.9 Å². The molecular formula is C19H33N3O3. The van der Waals surface area contributed by atoms with Crippen molar-refractivity contribution < 1.29 is 14.3 Å². The Balaban J connectivity index is 2.01. The first-order chi connectivity index (χ1) is 12.1. The summed E-state index contributed by atoms with van der Waals surface area (Å²) in [6, 6.07) is 3.86. The molecule has 1 fully saturated rings. The van der Waals surface area contributed by atoms with E-state index >= 15 is 0 Å². The van der Waals surface area contributed by atoms with E-state index in [-0.39, 0.29) is 12.0 Å². The van der Waals surface area contributed by atoms with Crippen molar-refractivity contribution in [2.75, 3.05) is 19.7 Å². The van der Waals surface area contributed by atoms with Crippen LogP contribution in [-0.2, 0) is 4.74 Å². The molecule has 1 aliphatic carbocycles. The number of hydrogen-bond donors (Lipinski definition) is 3. The number of guanidine groups is 1. The summed E-state index contributed by atoms with van der Waals surface area (Å²) in [7, 11) is 0. The Morgan fingerprint density at radius 3 is 2.72 bits per heavy atom. The molecule has 3 unspecified atom stereocenters. The van der Waals surface area contributed by atoms with Gasteiger partial charge in [-0.3, -0.25) is 4.99 Å². The number of ether oxygens (including phenoxy) is 1. The van der Waals surface area contributed by atoms with Crippen molar-refractivity contribution in [3.63, 3.8) is 0 Å². The normalized spacial score (nSPS) is 23.8. The van der Waals surface area contributed by atoms with Crippen molar-refractivity contribution in [1.82, 2.24) is 10.6 Å². The van der Waals surface area contributed by atoms with Crippen molar-refractivity contribution in [3.05, 3.63) is 24.2 Å². The maximum absolute atomic E-state index is 10.2. The zero-order chi connectivity index (χ0) is 18.3. The second kappa shape index (κ2) is 9.25. The monoisotopic (exact) mass is 351 g/mol. The predicted octanol–water partition coefficient (Wildman–Crippen LogP) is 2.85. The fraction of sp³-hybridized carbons (Fsp3) is 0.737. The van der Waals surface area contributed by atoms with Crippen molar-refractivity contribution in [1.29, 1.82) is 0 Å². The standard InChI is InChI=1S/C19H33N3O3/c1-5-19(6-2)16(12-17(19)24-8-4)22-18(20-7-3)21-13-14(23)15-10-9-11-25-15/h9-11,14,16-17,23H,5-8,12-13H2,1-4H3,(H2,20,21,22). The van der Waals surface area contributed by atoms with Gasteiger partial charge in [0, 0.05) is 24.6 Å². The molecule has 1 aliphatic rings. The predicted molar refractivity (Wildman–Crippen MR) is 99.6 cm³/mol. The summed E-state index contributed by atoms with van der Waals surface area (Å²) in [5, 5.41) is 17.0. The number of aliphatic hydroxyl groups excluding tert-OH is 1. The Labute approximate surface area is 151 Å². The van der Waals surface area contributed by atoms with E-state index in [9.17, 15) is 5.11 Å². The number of furan rings is 1. The van der Waals surface area contributed by atoms with Crippen LogP contribution in [0, 0.1) is 5.41 Å². The van der Waals surface area contributed by atoms with Gasteiger partial charge in [0.25, 0.3) is 0 Å². The molecule has 1 heterocycles. The molecule has 6 nitrogen and oxygen atoms in total. The fourth-order valence-electron chi connectivity index (χ4n) is 3.82. The number of aliphatic imine (C=N–C) groups is 1. The van der Waals surface area contributed by atoms with Crippen LogP contribution in [0.25, 0.3) is 0 Å². The van der Waals surface area contributed by atoms with Crippen LogP contribution in [0.3, 0.4) is 0 Å². The molecule has 0 amide bonds. The van der Waals surface area contributed by atoms with E-state index in [1.807, 2.05) is 6.92 Å². The minimum absolute atomic E-state index is 0.145. The van der Waals surface area contributed by atoms with E-state index in [1.54, 1.807) is 18.4 Å². The van der Waals surface area contributed by atoms with Crippen LogP contribution in [0.5, 0.6) is 0 Å². The van der Waals surface area contributed by atoms with E-state index in [1.165, 1.54) is 0 Å². The third-order valence-electron chi connectivity index (χ3n) is 5.42. The van der Waals surface area contributed by atoms with Crippen LogP contribution in [0.1, 0.15) is 58.8 Å². The van der Waals surface area contributed by atoms with Crippen molar-refractivity contribution >= 4 is 5.96 Å². The Kier molecular flexibility index (Phi) is 7.32. The molecule has 1 aromatic rings. The lowest BCUT2D eigenvalue weighted by atomic mass is 9.58. The Morgan fingerprint density at radius 1 is 1.40 bits per heavy atom. The summed E-state index contributed by atoms with van der Waals surface area (Å²) in [6.07, 6.45) is 4.26. The lowest BCUT2D eigenvalue weighted by molar-refractivity contribution is -0.133. The number of nitrogens with one attached hydrogen (secondary N) is 2. The van der Waals surface area contributed by atoms with Gasteiger partial charge >= 0.3 is 0 Å². The van der Waals surface area contributed by atoms with E-state index in [2.05, 4.69) is 36.4 Å². The van der Waals surface area contributed by atoms with Crippen LogP contribution in [0.2, 0.25) is 0 Å². The first-order valence-electron chi connectivity index (χ1n) is 9.49. The molecule has 0 aliphatic heterocycles. The average molecular weight is 351 g/mol. The zero-order valence-electron chi connectivity index (χ0n) is 15.9. The Hall–Kier alpha value is -1.53. The highest BCUT2D eigenvalue weighted by atomic mass is 16.5. The van der Waals surface area contributed by atoms with Gasteiger partial charge in [0.15, 0.2) is 5.96 Å². The quantitative estimate of drug-likeness (QED) is 0.471. The van der Waals surface area contributed by atoms with Crippen molar-refractivity contribution in [2.24, 2.45) is 10.4 Å². The first-order valence-corrected chi connectivity index (χ1v) is 9.49. The van der Waals surface area contributed by atoms with Gasteiger partial charge in [-0.05, 0) is 45.2 Å². The van der Waals surface area contributed by atoms with E-state index < -0.39 is 6.10 Å². The lowest BCUT2D eigenvalue weighted by Crippen LogP contribution is -2.65. The minimum atomic E-state index is -0.731. The summed E-state index contributed by atoms with van der Waals surface area (Å²) < 4.78 is 11.2. The molecule has 0 spiro atoms. The molecular weight excluding hydrogens is 318 g/mol. The number of nitrogens with zero attached hydrogens (tertiary/aromatic N) is 1. The van der Waals surface area contributed by atoms with Gasteiger partial charge in [0.1, 0.15) is 11.9 Å². The number of hydrogen-bond acceptors (Lipinski definition) is 4. The molecule has 0 aromatic carbocycles. The van der Waals surface area contributed by atoms with Gasteiger partial charge < -0.3 is 24.9 Å². The highest BCUT2D eigenvalue weighted by Gasteiger charge is 2.53. The molecule has 0 bridgehead atoms. The van der Waals surface area contributed by atoms with Crippen molar-refractivity contribution in [3.8, 4) is 0 Å². The highest BCUT2D eigenvalue weighted by Crippen LogP contribution is 2.48. The average Bonchev–Trinajstić information content (AvgIpc) is 3.14. The summed E-state index contributed by atoms with van der Waals surface area (Å²) in [4.78, 5) is 4.54. The van der Waals surface area contributed by atoms with Crippen LogP contribution in [0.15, 0.2) is 27.8 Å². The molecule has 3 atom stereocenters. The first kappa shape index (κ1) is 19.8. The van der Waals surface area contributed by atoms with Crippen LogP contribution >= 0.6 is 0 Å². The maximum atomic E-state index is 10.2. The third-order valence-corrected chi connectivity index (χ3v) is 5.42.